The van der Waals surface area contributed by atoms with E-state index in [1.165, 1.54) is 0 Å². The number of halogens is 2. The van der Waals surface area contributed by atoms with Crippen LogP contribution in [0, 0.1) is 35.5 Å². The summed E-state index contributed by atoms with van der Waals surface area (Å²) in [6.45, 7) is 13.4. The van der Waals surface area contributed by atoms with Gasteiger partial charge in [0.25, 0.3) is 0 Å². The number of hydrogen-bond donors (Lipinski definition) is 0. The first-order valence-electron chi connectivity index (χ1n) is 10.8. The van der Waals surface area contributed by atoms with Gasteiger partial charge in [-0.3, -0.25) is 4.79 Å². The Labute approximate surface area is 189 Å². The molecule has 0 aliphatic heterocycles. The predicted molar refractivity (Wildman–Crippen MR) is 123 cm³/mol. The normalized spacial score (nSPS) is 39.5. The highest BCUT2D eigenvalue weighted by atomic mass is 79.9. The van der Waals surface area contributed by atoms with Crippen molar-refractivity contribution in [1.82, 2.24) is 0 Å². The van der Waals surface area contributed by atoms with Crippen LogP contribution in [0.1, 0.15) is 67.2 Å². The summed E-state index contributed by atoms with van der Waals surface area (Å²) in [6.07, 6.45) is 3.87. The Hall–Kier alpha value is 0.550. The highest BCUT2D eigenvalue weighted by Gasteiger charge is 2.49. The molecule has 0 heterocycles. The Morgan fingerprint density at radius 1 is 0.821 bits per heavy atom. The molecular weight excluding hydrogens is 484 g/mol. The number of hydrogen-bond acceptors (Lipinski definition) is 3. The Morgan fingerprint density at radius 2 is 1.14 bits per heavy atom. The minimum atomic E-state index is 0.0155. The zero-order chi connectivity index (χ0) is 21.4. The summed E-state index contributed by atoms with van der Waals surface area (Å²) in [7, 11) is 3.61. The summed E-state index contributed by atoms with van der Waals surface area (Å²) in [5, 5.41) is 0. The van der Waals surface area contributed by atoms with Crippen LogP contribution in [0.15, 0.2) is 0 Å². The van der Waals surface area contributed by atoms with E-state index in [2.05, 4.69) is 73.4 Å². The summed E-state index contributed by atoms with van der Waals surface area (Å²) in [6, 6.07) is 0. The maximum atomic E-state index is 13.3. The average molecular weight is 524 g/mol. The third kappa shape index (κ3) is 5.42. The molecule has 28 heavy (non-hydrogen) atoms. The molecule has 0 radical (unpaired) electrons. The van der Waals surface area contributed by atoms with Gasteiger partial charge in [0, 0.05) is 35.7 Å². The topological polar surface area (TPSA) is 35.5 Å². The van der Waals surface area contributed by atoms with E-state index in [0.29, 0.717) is 54.1 Å². The van der Waals surface area contributed by atoms with E-state index in [0.717, 1.165) is 12.8 Å². The summed E-state index contributed by atoms with van der Waals surface area (Å²) in [5.74, 6) is 2.87. The molecule has 0 aromatic heterocycles. The fraction of sp³-hybridized carbons (Fsp3) is 0.957. The number of ether oxygens (including phenoxy) is 2. The number of rotatable bonds is 8. The first-order chi connectivity index (χ1) is 12.8. The van der Waals surface area contributed by atoms with Crippen LogP contribution < -0.4 is 0 Å². The van der Waals surface area contributed by atoms with Crippen molar-refractivity contribution in [1.29, 1.82) is 0 Å². The summed E-state index contributed by atoms with van der Waals surface area (Å²) in [4.78, 5) is 13.3. The van der Waals surface area contributed by atoms with Gasteiger partial charge in [0.15, 0.2) is 0 Å². The summed E-state index contributed by atoms with van der Waals surface area (Å²) < 4.78 is 11.5. The maximum Gasteiger partial charge on any atom is 0.133 e. The van der Waals surface area contributed by atoms with Gasteiger partial charge in [-0.05, 0) is 76.0 Å². The Morgan fingerprint density at radius 3 is 1.39 bits per heavy atom. The largest absolute Gasteiger partial charge is 0.381 e. The van der Waals surface area contributed by atoms with Gasteiger partial charge in [0.1, 0.15) is 5.78 Å². The van der Waals surface area contributed by atoms with Crippen LogP contribution in [-0.2, 0) is 14.3 Å². The number of carbonyl (C=O) groups excluding carboxylic acids is 1. The number of methoxy groups -OCH3 is 2. The lowest BCUT2D eigenvalue weighted by Gasteiger charge is -2.34. The molecule has 2 fully saturated rings. The van der Waals surface area contributed by atoms with Crippen molar-refractivity contribution in [3.8, 4) is 0 Å². The third-order valence-corrected chi connectivity index (χ3v) is 9.00. The van der Waals surface area contributed by atoms with Gasteiger partial charge in [-0.2, -0.15) is 0 Å². The van der Waals surface area contributed by atoms with Gasteiger partial charge in [0.2, 0.25) is 0 Å². The lowest BCUT2D eigenvalue weighted by atomic mass is 9.76. The van der Waals surface area contributed by atoms with Gasteiger partial charge in [0.05, 0.1) is 12.2 Å². The van der Waals surface area contributed by atoms with E-state index in [1.54, 1.807) is 14.2 Å². The van der Waals surface area contributed by atoms with Crippen molar-refractivity contribution < 1.29 is 14.3 Å². The number of Topliss-reactive ketones (excluding diaryl/α,β-unsaturated/α-hetero) is 1. The monoisotopic (exact) mass is 522 g/mol. The first kappa shape index (κ1) is 24.8. The molecule has 0 unspecified atom stereocenters. The SMILES string of the molecule is CO[C@@H]1C[C@@H](C(C)(C)Br)[C@H](CC(=O)C[C@@H]2[C@@H](C)[C@H](OC)C[C@H]2C(C)(C)Br)[C@H]1C. The van der Waals surface area contributed by atoms with E-state index >= 15 is 0 Å². The van der Waals surface area contributed by atoms with Gasteiger partial charge < -0.3 is 9.47 Å². The van der Waals surface area contributed by atoms with Crippen LogP contribution in [0.4, 0.5) is 0 Å². The molecule has 0 saturated heterocycles. The summed E-state index contributed by atoms with van der Waals surface area (Å²) in [5.41, 5.74) is 0. The Balaban J connectivity index is 2.12. The molecule has 0 bridgehead atoms. The first-order valence-corrected chi connectivity index (χ1v) is 12.3. The summed E-state index contributed by atoms with van der Waals surface area (Å²) >= 11 is 7.76. The predicted octanol–water partition coefficient (Wildman–Crippen LogP) is 6.26. The van der Waals surface area contributed by atoms with Crippen molar-refractivity contribution in [2.75, 3.05) is 14.2 Å². The second-order valence-corrected chi connectivity index (χ2v) is 14.4. The van der Waals surface area contributed by atoms with Crippen molar-refractivity contribution in [3.63, 3.8) is 0 Å². The highest BCUT2D eigenvalue weighted by Crippen LogP contribution is 2.51. The molecular formula is C23H40Br2O3. The molecule has 0 aromatic carbocycles. The van der Waals surface area contributed by atoms with E-state index in [1.807, 2.05) is 0 Å². The Kier molecular flexibility index (Phi) is 8.30. The molecule has 5 heteroatoms. The van der Waals surface area contributed by atoms with Gasteiger partial charge in [-0.15, -0.1) is 0 Å². The maximum absolute atomic E-state index is 13.3. The van der Waals surface area contributed by atoms with Crippen molar-refractivity contribution in [3.05, 3.63) is 0 Å². The molecule has 0 N–H and O–H groups in total. The van der Waals surface area contributed by atoms with E-state index in [9.17, 15) is 4.79 Å². The average Bonchev–Trinajstić information content (AvgIpc) is 3.05. The Bertz CT molecular complexity index is 491. The quantitative estimate of drug-likeness (QED) is 0.352. The zero-order valence-corrected chi connectivity index (χ0v) is 22.1. The molecule has 2 aliphatic carbocycles. The molecule has 3 nitrogen and oxygen atoms in total. The van der Waals surface area contributed by atoms with Crippen LogP contribution in [0.3, 0.4) is 0 Å². The standard InChI is InChI=1S/C23H40Br2O3/c1-13-16(18(22(3,4)24)11-20(13)27-7)9-15(26)10-17-14(2)21(28-8)12-19(17)23(5,6)25/h13-14,16-21H,9-12H2,1-8H3/t13-,14-,16-,17-,18-,19-,20-,21-/m1/s1. The van der Waals surface area contributed by atoms with Crippen LogP contribution in [0.2, 0.25) is 0 Å². The second kappa shape index (κ2) is 9.36. The minimum absolute atomic E-state index is 0.0155. The van der Waals surface area contributed by atoms with E-state index in [4.69, 9.17) is 9.47 Å². The van der Waals surface area contributed by atoms with Crippen LogP contribution in [-0.4, -0.2) is 40.9 Å². The molecule has 164 valence electrons. The van der Waals surface area contributed by atoms with Crippen LogP contribution in [0.25, 0.3) is 0 Å². The molecule has 0 spiro atoms. The molecule has 0 amide bonds. The lowest BCUT2D eigenvalue weighted by Crippen LogP contribution is -2.33. The van der Waals surface area contributed by atoms with Crippen molar-refractivity contribution in [2.24, 2.45) is 35.5 Å². The zero-order valence-electron chi connectivity index (χ0n) is 18.9. The molecule has 8 atom stereocenters. The number of ketones is 1. The second-order valence-electron chi connectivity index (χ2n) is 10.4. The third-order valence-electron chi connectivity index (χ3n) is 7.83. The fourth-order valence-corrected chi connectivity index (χ4v) is 7.08. The minimum Gasteiger partial charge on any atom is -0.381 e. The van der Waals surface area contributed by atoms with Gasteiger partial charge in [-0.1, -0.05) is 45.7 Å². The smallest absolute Gasteiger partial charge is 0.133 e. The van der Waals surface area contributed by atoms with Crippen molar-refractivity contribution in [2.45, 2.75) is 88.1 Å². The highest BCUT2D eigenvalue weighted by molar-refractivity contribution is 9.10. The lowest BCUT2D eigenvalue weighted by molar-refractivity contribution is -0.122. The number of carbonyl (C=O) groups is 1. The molecule has 2 saturated carbocycles. The van der Waals surface area contributed by atoms with E-state index in [-0.39, 0.29) is 20.9 Å². The molecule has 2 rings (SSSR count). The van der Waals surface area contributed by atoms with Gasteiger partial charge in [-0.25, -0.2) is 0 Å². The van der Waals surface area contributed by atoms with Gasteiger partial charge >= 0.3 is 0 Å². The van der Waals surface area contributed by atoms with E-state index < -0.39 is 0 Å². The van der Waals surface area contributed by atoms with Crippen molar-refractivity contribution >= 4 is 37.6 Å². The van der Waals surface area contributed by atoms with Crippen LogP contribution in [0.5, 0.6) is 0 Å². The molecule has 2 aliphatic rings. The van der Waals surface area contributed by atoms with Crippen LogP contribution >= 0.6 is 31.9 Å². The fourth-order valence-electron chi connectivity index (χ4n) is 6.03. The number of alkyl halides is 2. The molecule has 0 aromatic rings.